The Labute approximate surface area is 190 Å². The van der Waals surface area contributed by atoms with Crippen molar-refractivity contribution in [3.63, 3.8) is 0 Å². The SMILES string of the molecule is Cc1onc(-c2ccc(Br)cc2)c1-c1ccc(S(=O)(=O)N(C)C(=O)OC(C)(C)C)cc1. The Kier molecular flexibility index (Phi) is 6.29. The van der Waals surface area contributed by atoms with Gasteiger partial charge in [0.25, 0.3) is 10.0 Å². The molecule has 0 radical (unpaired) electrons. The monoisotopic (exact) mass is 506 g/mol. The number of hydrogen-bond donors (Lipinski definition) is 0. The fourth-order valence-electron chi connectivity index (χ4n) is 2.89. The summed E-state index contributed by atoms with van der Waals surface area (Å²) >= 11 is 3.41. The summed E-state index contributed by atoms with van der Waals surface area (Å²) in [6, 6.07) is 13.9. The van der Waals surface area contributed by atoms with Crippen LogP contribution in [-0.4, -0.2) is 36.6 Å². The Hall–Kier alpha value is -2.65. The highest BCUT2D eigenvalue weighted by Crippen LogP contribution is 2.35. The fraction of sp³-hybridized carbons (Fsp3) is 0.273. The molecule has 1 heterocycles. The lowest BCUT2D eigenvalue weighted by Gasteiger charge is -2.24. The van der Waals surface area contributed by atoms with Gasteiger partial charge in [0.2, 0.25) is 0 Å². The number of halogens is 1. The minimum atomic E-state index is -4.06. The van der Waals surface area contributed by atoms with E-state index in [-0.39, 0.29) is 4.90 Å². The van der Waals surface area contributed by atoms with Gasteiger partial charge in [-0.05, 0) is 57.5 Å². The zero-order valence-corrected chi connectivity index (χ0v) is 20.2. The molecule has 0 aliphatic carbocycles. The van der Waals surface area contributed by atoms with E-state index >= 15 is 0 Å². The minimum absolute atomic E-state index is 0.0242. The highest BCUT2D eigenvalue weighted by atomic mass is 79.9. The summed E-state index contributed by atoms with van der Waals surface area (Å²) < 4.78 is 37.8. The Bertz CT molecular complexity index is 1190. The van der Waals surface area contributed by atoms with E-state index in [0.717, 1.165) is 21.2 Å². The summed E-state index contributed by atoms with van der Waals surface area (Å²) in [6.45, 7) is 6.81. The van der Waals surface area contributed by atoms with Gasteiger partial charge in [-0.25, -0.2) is 17.5 Å². The van der Waals surface area contributed by atoms with Gasteiger partial charge in [-0.15, -0.1) is 0 Å². The number of aryl methyl sites for hydroxylation is 1. The fourth-order valence-corrected chi connectivity index (χ4v) is 4.19. The van der Waals surface area contributed by atoms with Gasteiger partial charge in [0.1, 0.15) is 17.1 Å². The van der Waals surface area contributed by atoms with Gasteiger partial charge in [0, 0.05) is 17.1 Å². The molecule has 3 aromatic rings. The number of aromatic nitrogens is 1. The topological polar surface area (TPSA) is 89.7 Å². The van der Waals surface area contributed by atoms with E-state index in [1.54, 1.807) is 39.8 Å². The molecule has 1 aromatic heterocycles. The van der Waals surface area contributed by atoms with Crippen molar-refractivity contribution in [2.75, 3.05) is 7.05 Å². The van der Waals surface area contributed by atoms with Crippen LogP contribution in [0.25, 0.3) is 22.4 Å². The lowest BCUT2D eigenvalue weighted by Crippen LogP contribution is -2.38. The number of carbonyl (C=O) groups excluding carboxylic acids is 1. The molecule has 0 spiro atoms. The number of nitrogens with zero attached hydrogens (tertiary/aromatic N) is 2. The lowest BCUT2D eigenvalue weighted by molar-refractivity contribution is 0.0420. The van der Waals surface area contributed by atoms with Crippen molar-refractivity contribution in [2.45, 2.75) is 38.2 Å². The van der Waals surface area contributed by atoms with Crippen LogP contribution in [-0.2, 0) is 14.8 Å². The van der Waals surface area contributed by atoms with Crippen molar-refractivity contribution in [2.24, 2.45) is 0 Å². The van der Waals surface area contributed by atoms with Crippen molar-refractivity contribution in [1.29, 1.82) is 0 Å². The van der Waals surface area contributed by atoms with Crippen LogP contribution >= 0.6 is 15.9 Å². The van der Waals surface area contributed by atoms with E-state index in [4.69, 9.17) is 9.26 Å². The van der Waals surface area contributed by atoms with Crippen LogP contribution in [0.15, 0.2) is 62.4 Å². The standard InChI is InChI=1S/C22H23BrN2O5S/c1-14-19(20(24-30-14)16-6-10-17(23)11-7-16)15-8-12-18(13-9-15)31(27,28)25(5)21(26)29-22(2,3)4/h6-13H,1-5H3. The second-order valence-electron chi connectivity index (χ2n) is 7.95. The average Bonchev–Trinajstić information content (AvgIpc) is 3.08. The molecule has 9 heteroatoms. The molecule has 2 aromatic carbocycles. The molecular formula is C22H23BrN2O5S. The van der Waals surface area contributed by atoms with Crippen LogP contribution in [0.1, 0.15) is 26.5 Å². The van der Waals surface area contributed by atoms with Crippen LogP contribution < -0.4 is 0 Å². The Morgan fingerprint density at radius 3 is 2.13 bits per heavy atom. The van der Waals surface area contributed by atoms with E-state index in [0.29, 0.717) is 15.8 Å². The van der Waals surface area contributed by atoms with E-state index in [9.17, 15) is 13.2 Å². The van der Waals surface area contributed by atoms with Gasteiger partial charge < -0.3 is 9.26 Å². The molecule has 31 heavy (non-hydrogen) atoms. The quantitative estimate of drug-likeness (QED) is 0.455. The van der Waals surface area contributed by atoms with Crippen LogP contribution in [0, 0.1) is 6.92 Å². The second-order valence-corrected chi connectivity index (χ2v) is 10.8. The van der Waals surface area contributed by atoms with Crippen molar-refractivity contribution >= 4 is 32.0 Å². The van der Waals surface area contributed by atoms with Gasteiger partial charge in [-0.1, -0.05) is 45.4 Å². The third-order valence-electron chi connectivity index (χ3n) is 4.43. The molecule has 164 valence electrons. The first-order valence-electron chi connectivity index (χ1n) is 9.45. The molecule has 7 nitrogen and oxygen atoms in total. The molecule has 0 aliphatic heterocycles. The van der Waals surface area contributed by atoms with Crippen LogP contribution in [0.5, 0.6) is 0 Å². The van der Waals surface area contributed by atoms with Crippen molar-refractivity contribution in [3.8, 4) is 22.4 Å². The predicted octanol–water partition coefficient (Wildman–Crippen LogP) is 5.64. The largest absolute Gasteiger partial charge is 0.443 e. The zero-order chi connectivity index (χ0) is 23.0. The van der Waals surface area contributed by atoms with Gasteiger partial charge >= 0.3 is 6.09 Å². The first kappa shape index (κ1) is 23.0. The van der Waals surface area contributed by atoms with E-state index in [2.05, 4.69) is 21.1 Å². The Morgan fingerprint density at radius 1 is 1.03 bits per heavy atom. The molecule has 0 bridgehead atoms. The average molecular weight is 507 g/mol. The maximum Gasteiger partial charge on any atom is 0.424 e. The summed E-state index contributed by atoms with van der Waals surface area (Å²) in [5.74, 6) is 0.611. The van der Waals surface area contributed by atoms with Crippen molar-refractivity contribution in [1.82, 2.24) is 9.46 Å². The van der Waals surface area contributed by atoms with Gasteiger partial charge in [0.15, 0.2) is 0 Å². The molecule has 1 amide bonds. The Morgan fingerprint density at radius 2 is 1.58 bits per heavy atom. The van der Waals surface area contributed by atoms with Crippen molar-refractivity contribution < 1.29 is 22.5 Å². The Balaban J connectivity index is 1.93. The summed E-state index contributed by atoms with van der Waals surface area (Å²) in [5, 5.41) is 4.17. The molecular weight excluding hydrogens is 484 g/mol. The summed E-state index contributed by atoms with van der Waals surface area (Å²) in [4.78, 5) is 12.2. The summed E-state index contributed by atoms with van der Waals surface area (Å²) in [7, 11) is -2.89. The van der Waals surface area contributed by atoms with Gasteiger partial charge in [0.05, 0.1) is 10.5 Å². The maximum absolute atomic E-state index is 12.8. The van der Waals surface area contributed by atoms with Crippen LogP contribution in [0.3, 0.4) is 0 Å². The third-order valence-corrected chi connectivity index (χ3v) is 6.70. The summed E-state index contributed by atoms with van der Waals surface area (Å²) in [6.07, 6.45) is -0.941. The number of rotatable bonds is 4. The molecule has 3 rings (SSSR count). The number of amides is 1. The molecule has 0 unspecified atom stereocenters. The number of hydrogen-bond acceptors (Lipinski definition) is 6. The van der Waals surface area contributed by atoms with Crippen molar-refractivity contribution in [3.05, 3.63) is 58.8 Å². The molecule has 0 saturated carbocycles. The van der Waals surface area contributed by atoms with Gasteiger partial charge in [-0.3, -0.25) is 0 Å². The predicted molar refractivity (Wildman–Crippen MR) is 121 cm³/mol. The summed E-state index contributed by atoms with van der Waals surface area (Å²) in [5.41, 5.74) is 2.24. The molecule has 0 fully saturated rings. The van der Waals surface area contributed by atoms with E-state index < -0.39 is 21.7 Å². The van der Waals surface area contributed by atoms with Crippen LogP contribution in [0.2, 0.25) is 0 Å². The highest BCUT2D eigenvalue weighted by molar-refractivity contribution is 9.10. The first-order chi connectivity index (χ1) is 14.4. The molecule has 0 atom stereocenters. The molecule has 0 saturated heterocycles. The minimum Gasteiger partial charge on any atom is -0.443 e. The lowest BCUT2D eigenvalue weighted by atomic mass is 10.00. The number of benzene rings is 2. The zero-order valence-electron chi connectivity index (χ0n) is 17.8. The number of ether oxygens (including phenoxy) is 1. The number of sulfonamides is 1. The van der Waals surface area contributed by atoms with Crippen LogP contribution in [0.4, 0.5) is 4.79 Å². The normalized spacial score (nSPS) is 11.9. The highest BCUT2D eigenvalue weighted by Gasteiger charge is 2.30. The third kappa shape index (κ3) is 4.99. The van der Waals surface area contributed by atoms with E-state index in [1.165, 1.54) is 19.2 Å². The number of carbonyl (C=O) groups is 1. The smallest absolute Gasteiger partial charge is 0.424 e. The first-order valence-corrected chi connectivity index (χ1v) is 11.7. The molecule has 0 N–H and O–H groups in total. The molecule has 0 aliphatic rings. The second kappa shape index (κ2) is 8.47. The van der Waals surface area contributed by atoms with E-state index in [1.807, 2.05) is 24.3 Å². The van der Waals surface area contributed by atoms with Gasteiger partial charge in [-0.2, -0.15) is 0 Å². The maximum atomic E-state index is 12.8.